The van der Waals surface area contributed by atoms with Crippen LogP contribution in [0.4, 0.5) is 17.1 Å². The fourth-order valence-electron chi connectivity index (χ4n) is 1.85. The molecule has 0 radical (unpaired) electrons. The number of carbonyl (C=O) groups is 2. The van der Waals surface area contributed by atoms with Gasteiger partial charge in [-0.25, -0.2) is 0 Å². The fraction of sp³-hybridized carbons (Fsp3) is 0.143. The van der Waals surface area contributed by atoms with Crippen molar-refractivity contribution in [2.45, 2.75) is 6.92 Å². The molecular weight excluding hydrogens is 256 g/mol. The number of nitrogens with zero attached hydrogens (tertiary/aromatic N) is 1. The van der Waals surface area contributed by atoms with Crippen LogP contribution in [0.5, 0.6) is 0 Å². The first-order valence-corrected chi connectivity index (χ1v) is 6.06. The summed E-state index contributed by atoms with van der Waals surface area (Å²) in [5, 5.41) is 5.42. The number of aromatic nitrogens is 1. The van der Waals surface area contributed by atoms with E-state index >= 15 is 0 Å². The molecule has 0 atom stereocenters. The molecule has 20 heavy (non-hydrogen) atoms. The number of nitrogens with two attached hydrogens (primary N) is 1. The van der Waals surface area contributed by atoms with Crippen LogP contribution in [0, 0.1) is 0 Å². The third-order valence-corrected chi connectivity index (χ3v) is 2.72. The minimum atomic E-state index is -0.239. The molecule has 2 rings (SSSR count). The van der Waals surface area contributed by atoms with E-state index in [1.54, 1.807) is 48.1 Å². The van der Waals surface area contributed by atoms with Gasteiger partial charge in [0.25, 0.3) is 5.91 Å². The van der Waals surface area contributed by atoms with Gasteiger partial charge in [-0.05, 0) is 30.3 Å². The Bertz CT molecular complexity index is 644. The molecule has 1 aromatic carbocycles. The first-order chi connectivity index (χ1) is 9.45. The summed E-state index contributed by atoms with van der Waals surface area (Å²) in [6, 6.07) is 8.48. The van der Waals surface area contributed by atoms with Gasteiger partial charge in [0.15, 0.2) is 0 Å². The zero-order valence-corrected chi connectivity index (χ0v) is 11.3. The highest BCUT2D eigenvalue weighted by atomic mass is 16.2. The number of carbonyl (C=O) groups excluding carboxylic acids is 2. The zero-order valence-electron chi connectivity index (χ0n) is 11.3. The summed E-state index contributed by atoms with van der Waals surface area (Å²) in [6.45, 7) is 1.44. The Morgan fingerprint density at radius 1 is 1.10 bits per heavy atom. The lowest BCUT2D eigenvalue weighted by molar-refractivity contribution is -0.114. The third-order valence-electron chi connectivity index (χ3n) is 2.72. The maximum atomic E-state index is 12.1. The number of nitrogen functional groups attached to an aromatic ring is 1. The van der Waals surface area contributed by atoms with Gasteiger partial charge in [0.05, 0.1) is 5.69 Å². The molecule has 6 nitrogen and oxygen atoms in total. The summed E-state index contributed by atoms with van der Waals surface area (Å²) >= 11 is 0. The van der Waals surface area contributed by atoms with E-state index in [1.807, 2.05) is 0 Å². The number of hydrogen-bond donors (Lipinski definition) is 3. The van der Waals surface area contributed by atoms with Crippen molar-refractivity contribution >= 4 is 28.9 Å². The molecule has 4 N–H and O–H groups in total. The van der Waals surface area contributed by atoms with Gasteiger partial charge in [-0.3, -0.25) is 9.59 Å². The van der Waals surface area contributed by atoms with Crippen LogP contribution in [0.3, 0.4) is 0 Å². The Labute approximate surface area is 116 Å². The average molecular weight is 272 g/mol. The first kappa shape index (κ1) is 13.7. The molecule has 0 unspecified atom stereocenters. The Kier molecular flexibility index (Phi) is 3.74. The highest BCUT2D eigenvalue weighted by molar-refractivity contribution is 6.04. The van der Waals surface area contributed by atoms with Crippen LogP contribution in [-0.4, -0.2) is 16.4 Å². The van der Waals surface area contributed by atoms with Gasteiger partial charge in [0.2, 0.25) is 5.91 Å². The molecule has 0 spiro atoms. The Morgan fingerprint density at radius 2 is 1.65 bits per heavy atom. The molecule has 0 saturated carbocycles. The second-order valence-corrected chi connectivity index (χ2v) is 4.48. The van der Waals surface area contributed by atoms with Crippen molar-refractivity contribution in [3.63, 3.8) is 0 Å². The molecule has 0 aliphatic rings. The predicted octanol–water partition coefficient (Wildman–Crippen LogP) is 1.82. The van der Waals surface area contributed by atoms with Gasteiger partial charge in [-0.1, -0.05) is 0 Å². The van der Waals surface area contributed by atoms with E-state index in [2.05, 4.69) is 10.6 Å². The van der Waals surface area contributed by atoms with Crippen LogP contribution < -0.4 is 16.4 Å². The topological polar surface area (TPSA) is 89.2 Å². The smallest absolute Gasteiger partial charge is 0.272 e. The highest BCUT2D eigenvalue weighted by Crippen LogP contribution is 2.16. The molecule has 104 valence electrons. The standard InChI is InChI=1S/C14H16N4O2/c1-9(19)16-11-3-5-12(6-4-11)17-14(20)13-7-10(15)8-18(13)2/h3-8H,15H2,1-2H3,(H,16,19)(H,17,20). The molecule has 2 aromatic rings. The van der Waals surface area contributed by atoms with Gasteiger partial charge in [-0.2, -0.15) is 0 Å². The van der Waals surface area contributed by atoms with E-state index in [0.29, 0.717) is 22.8 Å². The molecular formula is C14H16N4O2. The maximum absolute atomic E-state index is 12.1. The van der Waals surface area contributed by atoms with E-state index < -0.39 is 0 Å². The zero-order chi connectivity index (χ0) is 14.7. The predicted molar refractivity (Wildman–Crippen MR) is 78.5 cm³/mol. The summed E-state index contributed by atoms with van der Waals surface area (Å²) < 4.78 is 1.66. The monoisotopic (exact) mass is 272 g/mol. The summed E-state index contributed by atoms with van der Waals surface area (Å²) in [4.78, 5) is 23.0. The lowest BCUT2D eigenvalue weighted by Gasteiger charge is -2.07. The quantitative estimate of drug-likeness (QED) is 0.796. The highest BCUT2D eigenvalue weighted by Gasteiger charge is 2.11. The first-order valence-electron chi connectivity index (χ1n) is 6.06. The van der Waals surface area contributed by atoms with E-state index in [-0.39, 0.29) is 11.8 Å². The molecule has 1 aromatic heterocycles. The number of aryl methyl sites for hydroxylation is 1. The van der Waals surface area contributed by atoms with Gasteiger partial charge in [0.1, 0.15) is 5.69 Å². The van der Waals surface area contributed by atoms with Crippen LogP contribution in [0.1, 0.15) is 17.4 Å². The molecule has 0 aliphatic heterocycles. The minimum Gasteiger partial charge on any atom is -0.397 e. The number of amides is 2. The van der Waals surface area contributed by atoms with Crippen molar-refractivity contribution in [1.29, 1.82) is 0 Å². The lowest BCUT2D eigenvalue weighted by Crippen LogP contribution is -2.15. The van der Waals surface area contributed by atoms with Crippen molar-refractivity contribution < 1.29 is 9.59 Å². The van der Waals surface area contributed by atoms with Crippen molar-refractivity contribution in [1.82, 2.24) is 4.57 Å². The maximum Gasteiger partial charge on any atom is 0.272 e. The van der Waals surface area contributed by atoms with Crippen molar-refractivity contribution in [2.24, 2.45) is 7.05 Å². The van der Waals surface area contributed by atoms with Gasteiger partial charge in [-0.15, -0.1) is 0 Å². The molecule has 2 amide bonds. The Morgan fingerprint density at radius 3 is 2.10 bits per heavy atom. The Hall–Kier alpha value is -2.76. The second kappa shape index (κ2) is 5.48. The van der Waals surface area contributed by atoms with E-state index in [0.717, 1.165) is 0 Å². The van der Waals surface area contributed by atoms with Crippen LogP contribution in [0.25, 0.3) is 0 Å². The van der Waals surface area contributed by atoms with Gasteiger partial charge < -0.3 is 20.9 Å². The Balaban J connectivity index is 2.08. The minimum absolute atomic E-state index is 0.138. The number of benzene rings is 1. The second-order valence-electron chi connectivity index (χ2n) is 4.48. The molecule has 0 fully saturated rings. The average Bonchev–Trinajstić information content (AvgIpc) is 2.70. The molecule has 0 aliphatic carbocycles. The lowest BCUT2D eigenvalue weighted by atomic mass is 10.2. The SMILES string of the molecule is CC(=O)Nc1ccc(NC(=O)c2cc(N)cn2C)cc1. The number of nitrogens with one attached hydrogen (secondary N) is 2. The van der Waals surface area contributed by atoms with Gasteiger partial charge >= 0.3 is 0 Å². The molecule has 0 bridgehead atoms. The largest absolute Gasteiger partial charge is 0.397 e. The van der Waals surface area contributed by atoms with Crippen LogP contribution >= 0.6 is 0 Å². The van der Waals surface area contributed by atoms with Crippen LogP contribution in [-0.2, 0) is 11.8 Å². The van der Waals surface area contributed by atoms with Crippen LogP contribution in [0.2, 0.25) is 0 Å². The van der Waals surface area contributed by atoms with Crippen molar-refractivity contribution in [3.8, 4) is 0 Å². The summed E-state index contributed by atoms with van der Waals surface area (Å²) in [7, 11) is 1.76. The van der Waals surface area contributed by atoms with E-state index in [4.69, 9.17) is 5.73 Å². The summed E-state index contributed by atoms with van der Waals surface area (Å²) in [6.07, 6.45) is 1.68. The van der Waals surface area contributed by atoms with Crippen molar-refractivity contribution in [2.75, 3.05) is 16.4 Å². The summed E-state index contributed by atoms with van der Waals surface area (Å²) in [5.74, 6) is -0.377. The summed E-state index contributed by atoms with van der Waals surface area (Å²) in [5.41, 5.74) is 7.98. The fourth-order valence-corrected chi connectivity index (χ4v) is 1.85. The van der Waals surface area contributed by atoms with E-state index in [1.165, 1.54) is 6.92 Å². The normalized spacial score (nSPS) is 10.1. The number of rotatable bonds is 3. The molecule has 0 saturated heterocycles. The third kappa shape index (κ3) is 3.17. The van der Waals surface area contributed by atoms with Crippen LogP contribution in [0.15, 0.2) is 36.5 Å². The van der Waals surface area contributed by atoms with Gasteiger partial charge in [0, 0.05) is 31.5 Å². The number of anilines is 3. The van der Waals surface area contributed by atoms with Crippen molar-refractivity contribution in [3.05, 3.63) is 42.2 Å². The van der Waals surface area contributed by atoms with E-state index in [9.17, 15) is 9.59 Å². The number of hydrogen-bond acceptors (Lipinski definition) is 3. The molecule has 1 heterocycles. The molecule has 6 heteroatoms.